The molecule has 0 aliphatic carbocycles. The molecule has 51 heavy (non-hydrogen) atoms. The molecular weight excluding hydrogens is 616 g/mol. The molecular formula is C46H31B2N3. The van der Waals surface area contributed by atoms with E-state index in [0.717, 1.165) is 82.6 Å². The van der Waals surface area contributed by atoms with Crippen molar-refractivity contribution in [1.82, 2.24) is 15.0 Å². The fourth-order valence-corrected chi connectivity index (χ4v) is 7.13. The lowest BCUT2D eigenvalue weighted by molar-refractivity contribution is 1.37. The molecule has 0 unspecified atom stereocenters. The fourth-order valence-electron chi connectivity index (χ4n) is 7.13. The van der Waals surface area contributed by atoms with E-state index < -0.39 is 7.13 Å². The van der Waals surface area contributed by atoms with Gasteiger partial charge in [0.25, 0.3) is 0 Å². The first-order valence-electron chi connectivity index (χ1n) is 17.8. The van der Waals surface area contributed by atoms with Crippen LogP contribution in [0, 0.1) is 0 Å². The van der Waals surface area contributed by atoms with E-state index in [9.17, 15) is 0 Å². The molecule has 3 aromatic heterocycles. The second-order valence-corrected chi connectivity index (χ2v) is 12.8. The van der Waals surface area contributed by atoms with Crippen LogP contribution in [0.5, 0.6) is 0 Å². The van der Waals surface area contributed by atoms with Gasteiger partial charge in [0, 0.05) is 56.7 Å². The Morgan fingerprint density at radius 3 is 0.961 bits per heavy atom. The van der Waals surface area contributed by atoms with Crippen molar-refractivity contribution in [2.45, 2.75) is 6.82 Å². The molecule has 5 heteroatoms. The molecule has 10 aromatic rings. The highest BCUT2D eigenvalue weighted by Crippen LogP contribution is 2.36. The summed E-state index contributed by atoms with van der Waals surface area (Å²) in [6, 6.07) is 57.9. The minimum atomic E-state index is -0.417. The van der Waals surface area contributed by atoms with Crippen molar-refractivity contribution in [2.24, 2.45) is 0 Å². The monoisotopic (exact) mass is 649 g/mol. The zero-order chi connectivity index (χ0) is 35.2. The third-order valence-electron chi connectivity index (χ3n) is 9.57. The Hall–Kier alpha value is -6.32. The molecule has 3 nitrogen and oxygen atoms in total. The third-order valence-corrected chi connectivity index (χ3v) is 9.57. The molecule has 0 aliphatic rings. The van der Waals surface area contributed by atoms with E-state index >= 15 is 0 Å². The van der Waals surface area contributed by atoms with Gasteiger partial charge in [-0.1, -0.05) is 134 Å². The maximum atomic E-state index is 6.36. The molecule has 7 aromatic carbocycles. The smallest absolute Gasteiger partial charge is 0.0787 e. The van der Waals surface area contributed by atoms with E-state index in [-0.39, 0.29) is 0 Å². The van der Waals surface area contributed by atoms with Crippen LogP contribution in [0.25, 0.3) is 98.8 Å². The number of aromatic nitrogens is 3. The van der Waals surface area contributed by atoms with Crippen molar-refractivity contribution in [1.29, 1.82) is 1.34 Å². The van der Waals surface area contributed by atoms with Gasteiger partial charge in [0.15, 0.2) is 0 Å². The molecule has 236 valence electrons. The Morgan fingerprint density at radius 1 is 0.392 bits per heavy atom. The zero-order valence-electron chi connectivity index (χ0n) is 29.1. The highest BCUT2D eigenvalue weighted by atomic mass is 14.7. The standard InChI is InChI=1S/C45H27N3.CH4B2/c1-4-10-37-28(7-1)13-16-31-19-22-40(46-43(31)37)34-25-35(41-23-20-32-17-14-29-8-2-5-11-38(29)44(32)47-41)27-36(26-34)42-24-21-33-18-15-30-9-3-6-12-39(30)45(33)48-42;1-3-2/h1-27H;3H,1H3/i;3T. The number of rotatable bonds is 3. The summed E-state index contributed by atoms with van der Waals surface area (Å²) in [6.45, 7) is 1.61. The number of hydrogen-bond acceptors (Lipinski definition) is 3. The van der Waals surface area contributed by atoms with E-state index in [1.807, 2.05) is 0 Å². The van der Waals surface area contributed by atoms with Crippen LogP contribution in [0.2, 0.25) is 6.82 Å². The van der Waals surface area contributed by atoms with Gasteiger partial charge < -0.3 is 0 Å². The van der Waals surface area contributed by atoms with Crippen LogP contribution >= 0.6 is 0 Å². The predicted octanol–water partition coefficient (Wildman–Crippen LogP) is 11.3. The Labute approximate surface area is 299 Å². The molecule has 0 N–H and O–H groups in total. The average Bonchev–Trinajstić information content (AvgIpc) is 3.19. The van der Waals surface area contributed by atoms with E-state index in [4.69, 9.17) is 24.0 Å². The number of nitrogens with zero attached hydrogens (tertiary/aromatic N) is 3. The Morgan fingerprint density at radius 2 is 0.647 bits per heavy atom. The summed E-state index contributed by atoms with van der Waals surface area (Å²) in [7, 11) is 4.36. The van der Waals surface area contributed by atoms with E-state index in [1.165, 1.54) is 16.2 Å². The largest absolute Gasteiger partial charge is 0.247 e. The Kier molecular flexibility index (Phi) is 7.46. The summed E-state index contributed by atoms with van der Waals surface area (Å²) >= 11 is 0. The number of pyridine rings is 3. The first-order valence-corrected chi connectivity index (χ1v) is 17.2. The van der Waals surface area contributed by atoms with Crippen LogP contribution in [0.4, 0.5) is 0 Å². The topological polar surface area (TPSA) is 38.7 Å². The lowest BCUT2D eigenvalue weighted by Gasteiger charge is -2.13. The first-order chi connectivity index (χ1) is 25.5. The second kappa shape index (κ2) is 12.9. The molecule has 0 fully saturated rings. The number of fused-ring (bicyclic) bond motifs is 9. The minimum Gasteiger partial charge on any atom is -0.247 e. The summed E-state index contributed by atoms with van der Waals surface area (Å²) in [5.41, 5.74) is 8.83. The normalized spacial score (nSPS) is 11.6. The van der Waals surface area contributed by atoms with Gasteiger partial charge in [-0.3, -0.25) is 0 Å². The molecule has 0 saturated heterocycles. The van der Waals surface area contributed by atoms with Crippen LogP contribution in [-0.2, 0) is 0 Å². The van der Waals surface area contributed by atoms with Crippen molar-refractivity contribution in [3.05, 3.63) is 164 Å². The van der Waals surface area contributed by atoms with Gasteiger partial charge in [-0.15, -0.1) is 0 Å². The van der Waals surface area contributed by atoms with Gasteiger partial charge in [0.2, 0.25) is 0 Å². The van der Waals surface area contributed by atoms with E-state index in [2.05, 4.69) is 164 Å². The molecule has 0 aliphatic heterocycles. The van der Waals surface area contributed by atoms with Crippen molar-refractivity contribution in [3.8, 4) is 33.8 Å². The van der Waals surface area contributed by atoms with Crippen molar-refractivity contribution < 1.29 is 0 Å². The first kappa shape index (κ1) is 29.6. The van der Waals surface area contributed by atoms with Gasteiger partial charge in [-0.2, -0.15) is 0 Å². The quantitative estimate of drug-likeness (QED) is 0.141. The number of hydrogen-bond donors (Lipinski definition) is 0. The predicted molar refractivity (Wildman–Crippen MR) is 220 cm³/mol. The third kappa shape index (κ3) is 5.57. The summed E-state index contributed by atoms with van der Waals surface area (Å²) < 4.78 is 6.36. The number of benzene rings is 7. The van der Waals surface area contributed by atoms with Crippen molar-refractivity contribution in [3.63, 3.8) is 0 Å². The van der Waals surface area contributed by atoms with E-state index in [0.29, 0.717) is 0 Å². The highest BCUT2D eigenvalue weighted by Gasteiger charge is 2.14. The lowest BCUT2D eigenvalue weighted by atomic mass is 9.59. The van der Waals surface area contributed by atoms with Crippen LogP contribution in [-0.4, -0.2) is 31.2 Å². The van der Waals surface area contributed by atoms with Gasteiger partial charge in [-0.05, 0) is 53.9 Å². The Balaban J connectivity index is 0.000000859. The molecule has 0 spiro atoms. The van der Waals surface area contributed by atoms with Gasteiger partial charge in [0.1, 0.15) is 0 Å². The summed E-state index contributed by atoms with van der Waals surface area (Å²) in [4.78, 5) is 15.9. The fraction of sp³-hybridized carbons (Fsp3) is 0.0217. The molecule has 10 rings (SSSR count). The van der Waals surface area contributed by atoms with Crippen LogP contribution in [0.3, 0.4) is 0 Å². The maximum absolute atomic E-state index is 6.36. The maximum Gasteiger partial charge on any atom is 0.0787 e. The van der Waals surface area contributed by atoms with Gasteiger partial charge in [-0.25, -0.2) is 15.0 Å². The van der Waals surface area contributed by atoms with Gasteiger partial charge >= 0.3 is 0 Å². The van der Waals surface area contributed by atoms with Crippen LogP contribution in [0.15, 0.2) is 164 Å². The SMILES string of the molecule is [3H]B([B])C.c1ccc2c(c1)ccc1ccc(-c3cc(-c4ccc5ccc6ccccc6c5n4)cc(-c4ccc5ccc6ccccc6c5n4)c3)nc12. The van der Waals surface area contributed by atoms with Crippen LogP contribution < -0.4 is 0 Å². The Bertz CT molecular complexity index is 2650. The highest BCUT2D eigenvalue weighted by molar-refractivity contribution is 6.88. The summed E-state index contributed by atoms with van der Waals surface area (Å²) in [5.74, 6) is 0. The lowest BCUT2D eigenvalue weighted by Crippen LogP contribution is -1.93. The van der Waals surface area contributed by atoms with Crippen molar-refractivity contribution >= 4 is 79.9 Å². The second-order valence-electron chi connectivity index (χ2n) is 12.8. The molecule has 2 radical (unpaired) electrons. The molecule has 0 bridgehead atoms. The zero-order valence-corrected chi connectivity index (χ0v) is 28.1. The summed E-state index contributed by atoms with van der Waals surface area (Å²) in [5, 5.41) is 10.4. The van der Waals surface area contributed by atoms with Gasteiger partial charge in [0.05, 0.1) is 40.8 Å². The van der Waals surface area contributed by atoms with Crippen molar-refractivity contribution in [2.75, 3.05) is 0 Å². The molecule has 0 amide bonds. The summed E-state index contributed by atoms with van der Waals surface area (Å²) in [6.07, 6.45) is 0. The molecule has 3 heterocycles. The average molecular weight is 649 g/mol. The van der Waals surface area contributed by atoms with E-state index in [1.54, 1.807) is 6.82 Å². The molecule has 0 atom stereocenters. The molecule has 0 saturated carbocycles. The minimum absolute atomic E-state index is 0.417. The van der Waals surface area contributed by atoms with Crippen LogP contribution in [0.1, 0.15) is 0 Å².